The maximum atomic E-state index is 12.3. The zero-order chi connectivity index (χ0) is 17.6. The summed E-state index contributed by atoms with van der Waals surface area (Å²) in [5.74, 6) is -1.01. The Morgan fingerprint density at radius 3 is 2.54 bits per heavy atom. The second kappa shape index (κ2) is 7.82. The largest absolute Gasteiger partial charge is 0.449 e. The van der Waals surface area contributed by atoms with Crippen LogP contribution in [0.15, 0.2) is 24.3 Å². The number of anilines is 1. The molecule has 128 valence electrons. The van der Waals surface area contributed by atoms with E-state index in [1.165, 1.54) is 6.92 Å². The Kier molecular flexibility index (Phi) is 5.80. The van der Waals surface area contributed by atoms with E-state index in [-0.39, 0.29) is 0 Å². The minimum absolute atomic E-state index is 0.368. The predicted molar refractivity (Wildman–Crippen MR) is 90.4 cm³/mol. The Labute approximate surface area is 142 Å². The lowest BCUT2D eigenvalue weighted by Gasteiger charge is -2.32. The van der Waals surface area contributed by atoms with Crippen LogP contribution >= 0.6 is 0 Å². The molecule has 0 heterocycles. The molecule has 24 heavy (non-hydrogen) atoms. The molecule has 6 heteroatoms. The molecule has 0 unspecified atom stereocenters. The lowest BCUT2D eigenvalue weighted by atomic mass is 9.83. The Balaban J connectivity index is 2.01. The summed E-state index contributed by atoms with van der Waals surface area (Å²) < 4.78 is 5.27. The summed E-state index contributed by atoms with van der Waals surface area (Å²) >= 11 is 0. The third kappa shape index (κ3) is 4.05. The summed E-state index contributed by atoms with van der Waals surface area (Å²) in [5, 5.41) is 15.1. The van der Waals surface area contributed by atoms with Gasteiger partial charge in [0, 0.05) is 12.7 Å². The number of hydrogen-bond acceptors (Lipinski definition) is 5. The summed E-state index contributed by atoms with van der Waals surface area (Å²) in [6.45, 7) is 1.52. The lowest BCUT2D eigenvalue weighted by Crippen LogP contribution is -2.52. The van der Waals surface area contributed by atoms with E-state index in [1.807, 2.05) is 0 Å². The first-order valence-electron chi connectivity index (χ1n) is 8.22. The third-order valence-corrected chi connectivity index (χ3v) is 4.35. The zero-order valence-electron chi connectivity index (χ0n) is 14.1. The van der Waals surface area contributed by atoms with Gasteiger partial charge in [-0.25, -0.2) is 4.79 Å². The van der Waals surface area contributed by atoms with E-state index in [4.69, 9.17) is 4.74 Å². The number of hydrogen-bond donors (Lipinski definition) is 2. The second-order valence-corrected chi connectivity index (χ2v) is 6.09. The number of carbonyl (C=O) groups is 2. The smallest absolute Gasteiger partial charge is 0.341 e. The number of para-hydroxylation sites is 1. The average molecular weight is 329 g/mol. The molecular weight excluding hydrogens is 306 g/mol. The number of carbonyl (C=O) groups excluding carboxylic acids is 2. The van der Waals surface area contributed by atoms with Crippen LogP contribution in [0.4, 0.5) is 5.69 Å². The van der Waals surface area contributed by atoms with Crippen LogP contribution in [0.5, 0.6) is 0 Å². The van der Waals surface area contributed by atoms with Crippen molar-refractivity contribution in [2.45, 2.75) is 50.7 Å². The van der Waals surface area contributed by atoms with Crippen molar-refractivity contribution in [1.82, 2.24) is 5.32 Å². The number of nitrogens with one attached hydrogen (secondary N) is 2. The van der Waals surface area contributed by atoms with Gasteiger partial charge in [0.05, 0.1) is 11.6 Å². The normalized spacial score (nSPS) is 17.2. The van der Waals surface area contributed by atoms with Crippen molar-refractivity contribution in [2.75, 3.05) is 12.4 Å². The van der Waals surface area contributed by atoms with Crippen LogP contribution in [0.25, 0.3) is 0 Å². The predicted octanol–water partition coefficient (Wildman–Crippen LogP) is 2.62. The van der Waals surface area contributed by atoms with Crippen molar-refractivity contribution < 1.29 is 14.3 Å². The summed E-state index contributed by atoms with van der Waals surface area (Å²) in [6, 6.07) is 9.15. The molecule has 2 N–H and O–H groups in total. The molecule has 0 saturated heterocycles. The molecule has 0 spiro atoms. The first kappa shape index (κ1) is 17.8. The standard InChI is InChI=1S/C18H23N3O3/c1-13(16(22)21-18(12-19)10-6-3-7-11-18)24-17(23)14-8-4-5-9-15(14)20-2/h4-5,8-9,13,20H,3,6-7,10-11H2,1-2H3,(H,21,22)/t13-/m1/s1. The van der Waals surface area contributed by atoms with E-state index in [1.54, 1.807) is 31.3 Å². The van der Waals surface area contributed by atoms with E-state index in [9.17, 15) is 14.9 Å². The van der Waals surface area contributed by atoms with Gasteiger partial charge < -0.3 is 15.4 Å². The summed E-state index contributed by atoms with van der Waals surface area (Å²) in [4.78, 5) is 24.6. The average Bonchev–Trinajstić information content (AvgIpc) is 2.62. The third-order valence-electron chi connectivity index (χ3n) is 4.35. The molecule has 0 aromatic heterocycles. The highest BCUT2D eigenvalue weighted by molar-refractivity contribution is 5.97. The fourth-order valence-electron chi connectivity index (χ4n) is 2.91. The van der Waals surface area contributed by atoms with Crippen LogP contribution in [0.2, 0.25) is 0 Å². The van der Waals surface area contributed by atoms with Crippen molar-refractivity contribution in [2.24, 2.45) is 0 Å². The summed E-state index contributed by atoms with van der Waals surface area (Å²) in [7, 11) is 1.71. The molecule has 6 nitrogen and oxygen atoms in total. The SMILES string of the molecule is CNc1ccccc1C(=O)O[C@H](C)C(=O)NC1(C#N)CCCCC1. The van der Waals surface area contributed by atoms with Crippen LogP contribution in [0.3, 0.4) is 0 Å². The first-order chi connectivity index (χ1) is 11.5. The zero-order valence-corrected chi connectivity index (χ0v) is 14.1. The number of esters is 1. The summed E-state index contributed by atoms with van der Waals surface area (Å²) in [5.41, 5.74) is 0.169. The molecular formula is C18H23N3O3. The lowest BCUT2D eigenvalue weighted by molar-refractivity contribution is -0.130. The first-order valence-corrected chi connectivity index (χ1v) is 8.22. The highest BCUT2D eigenvalue weighted by Gasteiger charge is 2.35. The second-order valence-electron chi connectivity index (χ2n) is 6.09. The van der Waals surface area contributed by atoms with E-state index >= 15 is 0 Å². The van der Waals surface area contributed by atoms with Crippen LogP contribution in [-0.4, -0.2) is 30.6 Å². The molecule has 0 radical (unpaired) electrons. The van der Waals surface area contributed by atoms with E-state index in [2.05, 4.69) is 16.7 Å². The maximum absolute atomic E-state index is 12.3. The number of rotatable bonds is 5. The van der Waals surface area contributed by atoms with Gasteiger partial charge >= 0.3 is 5.97 Å². The Bertz CT molecular complexity index is 645. The highest BCUT2D eigenvalue weighted by Crippen LogP contribution is 2.27. The molecule has 1 aliphatic rings. The number of amides is 1. The summed E-state index contributed by atoms with van der Waals surface area (Å²) in [6.07, 6.45) is 3.21. The van der Waals surface area contributed by atoms with Gasteiger partial charge in [0.1, 0.15) is 5.54 Å². The molecule has 1 atom stereocenters. The monoisotopic (exact) mass is 329 g/mol. The minimum Gasteiger partial charge on any atom is -0.449 e. The van der Waals surface area contributed by atoms with Gasteiger partial charge in [-0.2, -0.15) is 5.26 Å². The van der Waals surface area contributed by atoms with Crippen LogP contribution < -0.4 is 10.6 Å². The van der Waals surface area contributed by atoms with Crippen molar-refractivity contribution in [1.29, 1.82) is 5.26 Å². The Morgan fingerprint density at radius 1 is 1.25 bits per heavy atom. The number of nitrogens with zero attached hydrogens (tertiary/aromatic N) is 1. The van der Waals surface area contributed by atoms with Crippen molar-refractivity contribution in [3.63, 3.8) is 0 Å². The molecule has 1 fully saturated rings. The molecule has 1 aromatic carbocycles. The van der Waals surface area contributed by atoms with Crippen molar-refractivity contribution in [3.8, 4) is 6.07 Å². The maximum Gasteiger partial charge on any atom is 0.341 e. The van der Waals surface area contributed by atoms with Gasteiger partial charge in [-0.05, 0) is 31.9 Å². The quantitative estimate of drug-likeness (QED) is 0.810. The fraction of sp³-hybridized carbons (Fsp3) is 0.500. The molecule has 2 rings (SSSR count). The van der Waals surface area contributed by atoms with Gasteiger partial charge in [-0.15, -0.1) is 0 Å². The van der Waals surface area contributed by atoms with Crippen LogP contribution in [0, 0.1) is 11.3 Å². The number of nitriles is 1. The van der Waals surface area contributed by atoms with Gasteiger partial charge in [0.25, 0.3) is 5.91 Å². The fourth-order valence-corrected chi connectivity index (χ4v) is 2.91. The van der Waals surface area contributed by atoms with Crippen LogP contribution in [-0.2, 0) is 9.53 Å². The Morgan fingerprint density at radius 2 is 1.92 bits per heavy atom. The van der Waals surface area contributed by atoms with Gasteiger partial charge in [0.2, 0.25) is 0 Å². The molecule has 1 saturated carbocycles. The van der Waals surface area contributed by atoms with E-state index in [0.29, 0.717) is 24.1 Å². The van der Waals surface area contributed by atoms with E-state index in [0.717, 1.165) is 19.3 Å². The molecule has 1 amide bonds. The van der Waals surface area contributed by atoms with Gasteiger partial charge in [-0.3, -0.25) is 4.79 Å². The topological polar surface area (TPSA) is 91.2 Å². The molecule has 0 bridgehead atoms. The van der Waals surface area contributed by atoms with Crippen LogP contribution in [0.1, 0.15) is 49.4 Å². The van der Waals surface area contributed by atoms with Gasteiger partial charge in [0.15, 0.2) is 6.10 Å². The van der Waals surface area contributed by atoms with Gasteiger partial charge in [-0.1, -0.05) is 31.4 Å². The minimum atomic E-state index is -0.963. The highest BCUT2D eigenvalue weighted by atomic mass is 16.5. The molecule has 0 aliphatic heterocycles. The molecule has 1 aliphatic carbocycles. The number of ether oxygens (including phenoxy) is 1. The molecule has 1 aromatic rings. The Hall–Kier alpha value is -2.55. The van der Waals surface area contributed by atoms with Crippen molar-refractivity contribution in [3.05, 3.63) is 29.8 Å². The van der Waals surface area contributed by atoms with Crippen molar-refractivity contribution >= 4 is 17.6 Å². The van der Waals surface area contributed by atoms with E-state index < -0.39 is 23.5 Å². The number of benzene rings is 1.